The molecule has 2 aliphatic rings. The third kappa shape index (κ3) is 1.65. The summed E-state index contributed by atoms with van der Waals surface area (Å²) in [7, 11) is 0. The molecule has 1 saturated carbocycles. The molecular weight excluding hydrogens is 214 g/mol. The first-order valence-corrected chi connectivity index (χ1v) is 6.33. The first-order valence-electron chi connectivity index (χ1n) is 6.33. The number of hydrogen-bond donors (Lipinski definition) is 0. The number of benzene rings is 1. The molecule has 0 unspecified atom stereocenters. The minimum absolute atomic E-state index is 0.160. The van der Waals surface area contributed by atoms with Gasteiger partial charge in [-0.25, -0.2) is 5.06 Å². The minimum Gasteiger partial charge on any atom is -0.272 e. The molecule has 90 valence electrons. The summed E-state index contributed by atoms with van der Waals surface area (Å²) in [6.45, 7) is 1.42. The van der Waals surface area contributed by atoms with Crippen LogP contribution in [-0.2, 0) is 15.0 Å². The van der Waals surface area contributed by atoms with E-state index >= 15 is 0 Å². The van der Waals surface area contributed by atoms with Crippen LogP contribution in [-0.4, -0.2) is 24.1 Å². The zero-order chi connectivity index (χ0) is 11.7. The van der Waals surface area contributed by atoms with Gasteiger partial charge in [0.1, 0.15) is 0 Å². The van der Waals surface area contributed by atoms with Crippen LogP contribution < -0.4 is 0 Å². The van der Waals surface area contributed by atoms with Gasteiger partial charge in [0.15, 0.2) is 0 Å². The Bertz CT molecular complexity index is 405. The van der Waals surface area contributed by atoms with Gasteiger partial charge < -0.3 is 0 Å². The maximum Gasteiger partial charge on any atom is 0.256 e. The SMILES string of the molecule is O=C(N1CCCO1)C1(c2ccccc2)CCC1. The maximum absolute atomic E-state index is 12.6. The Morgan fingerprint density at radius 2 is 1.94 bits per heavy atom. The van der Waals surface area contributed by atoms with Gasteiger partial charge in [-0.05, 0) is 24.8 Å². The van der Waals surface area contributed by atoms with Crippen LogP contribution in [0.15, 0.2) is 30.3 Å². The molecule has 0 atom stereocenters. The van der Waals surface area contributed by atoms with Crippen LogP contribution in [0.2, 0.25) is 0 Å². The van der Waals surface area contributed by atoms with Crippen LogP contribution in [0.3, 0.4) is 0 Å². The van der Waals surface area contributed by atoms with Crippen molar-refractivity contribution >= 4 is 5.91 Å². The van der Waals surface area contributed by atoms with E-state index in [1.165, 1.54) is 0 Å². The zero-order valence-electron chi connectivity index (χ0n) is 9.89. The van der Waals surface area contributed by atoms with Gasteiger partial charge in [0.05, 0.1) is 18.6 Å². The van der Waals surface area contributed by atoms with Gasteiger partial charge in [-0.1, -0.05) is 36.8 Å². The average Bonchev–Trinajstić information content (AvgIpc) is 2.82. The van der Waals surface area contributed by atoms with E-state index in [0.29, 0.717) is 6.61 Å². The van der Waals surface area contributed by atoms with E-state index in [4.69, 9.17) is 4.84 Å². The highest BCUT2D eigenvalue weighted by atomic mass is 16.7. The summed E-state index contributed by atoms with van der Waals surface area (Å²) in [5, 5.41) is 1.58. The quantitative estimate of drug-likeness (QED) is 0.781. The van der Waals surface area contributed by atoms with Crippen LogP contribution in [0.1, 0.15) is 31.2 Å². The number of hydrogen-bond acceptors (Lipinski definition) is 2. The number of amides is 1. The lowest BCUT2D eigenvalue weighted by Gasteiger charge is -2.42. The summed E-state index contributed by atoms with van der Waals surface area (Å²) in [5.41, 5.74) is 0.845. The second-order valence-corrected chi connectivity index (χ2v) is 4.90. The Morgan fingerprint density at radius 1 is 1.18 bits per heavy atom. The highest BCUT2D eigenvalue weighted by Crippen LogP contribution is 2.45. The zero-order valence-corrected chi connectivity index (χ0v) is 9.89. The summed E-state index contributed by atoms with van der Waals surface area (Å²) in [6, 6.07) is 10.1. The first-order chi connectivity index (χ1) is 8.33. The van der Waals surface area contributed by atoms with Crippen LogP contribution in [0, 0.1) is 0 Å². The van der Waals surface area contributed by atoms with E-state index in [9.17, 15) is 4.79 Å². The van der Waals surface area contributed by atoms with Crippen molar-refractivity contribution in [2.45, 2.75) is 31.1 Å². The number of carbonyl (C=O) groups excluding carboxylic acids is 1. The molecule has 0 N–H and O–H groups in total. The summed E-state index contributed by atoms with van der Waals surface area (Å²) >= 11 is 0. The molecule has 1 amide bonds. The molecule has 1 saturated heterocycles. The van der Waals surface area contributed by atoms with Crippen LogP contribution >= 0.6 is 0 Å². The van der Waals surface area contributed by atoms with Crippen molar-refractivity contribution in [1.29, 1.82) is 0 Å². The molecule has 3 rings (SSSR count). The number of carbonyl (C=O) groups is 1. The topological polar surface area (TPSA) is 29.5 Å². The predicted octanol–water partition coefficient (Wildman–Crippen LogP) is 2.27. The molecule has 1 aliphatic carbocycles. The van der Waals surface area contributed by atoms with E-state index in [2.05, 4.69) is 12.1 Å². The molecule has 0 bridgehead atoms. The molecule has 2 fully saturated rings. The smallest absolute Gasteiger partial charge is 0.256 e. The highest BCUT2D eigenvalue weighted by molar-refractivity contribution is 5.88. The number of hydroxylamine groups is 2. The maximum atomic E-state index is 12.6. The van der Waals surface area contributed by atoms with Gasteiger partial charge in [-0.2, -0.15) is 0 Å². The lowest BCUT2D eigenvalue weighted by Crippen LogP contribution is -2.49. The second-order valence-electron chi connectivity index (χ2n) is 4.90. The fourth-order valence-electron chi connectivity index (χ4n) is 2.76. The third-order valence-electron chi connectivity index (χ3n) is 3.92. The molecule has 17 heavy (non-hydrogen) atoms. The summed E-state index contributed by atoms with van der Waals surface area (Å²) < 4.78 is 0. The van der Waals surface area contributed by atoms with Crippen molar-refractivity contribution in [3.8, 4) is 0 Å². The van der Waals surface area contributed by atoms with E-state index < -0.39 is 0 Å². The fourth-order valence-corrected chi connectivity index (χ4v) is 2.76. The molecule has 3 nitrogen and oxygen atoms in total. The lowest BCUT2D eigenvalue weighted by atomic mass is 9.63. The van der Waals surface area contributed by atoms with Gasteiger partial charge in [0.25, 0.3) is 5.91 Å². The van der Waals surface area contributed by atoms with Crippen molar-refractivity contribution in [1.82, 2.24) is 5.06 Å². The predicted molar refractivity (Wildman–Crippen MR) is 64.3 cm³/mol. The molecule has 1 heterocycles. The highest BCUT2D eigenvalue weighted by Gasteiger charge is 2.48. The van der Waals surface area contributed by atoms with Crippen molar-refractivity contribution < 1.29 is 9.63 Å². The van der Waals surface area contributed by atoms with Gasteiger partial charge in [0.2, 0.25) is 0 Å². The van der Waals surface area contributed by atoms with Crippen LogP contribution in [0.25, 0.3) is 0 Å². The minimum atomic E-state index is -0.300. The van der Waals surface area contributed by atoms with Crippen molar-refractivity contribution in [2.24, 2.45) is 0 Å². The Hall–Kier alpha value is -1.35. The molecule has 1 aromatic carbocycles. The first kappa shape index (κ1) is 10.8. The molecule has 0 aromatic heterocycles. The van der Waals surface area contributed by atoms with Gasteiger partial charge in [-0.15, -0.1) is 0 Å². The van der Waals surface area contributed by atoms with Gasteiger partial charge in [-0.3, -0.25) is 9.63 Å². The molecule has 3 heteroatoms. The van der Waals surface area contributed by atoms with E-state index in [-0.39, 0.29) is 11.3 Å². The summed E-state index contributed by atoms with van der Waals surface area (Å²) in [4.78, 5) is 18.0. The number of nitrogens with zero attached hydrogens (tertiary/aromatic N) is 1. The Morgan fingerprint density at radius 3 is 2.47 bits per heavy atom. The second kappa shape index (κ2) is 4.15. The lowest BCUT2D eigenvalue weighted by molar-refractivity contribution is -0.179. The summed E-state index contributed by atoms with van der Waals surface area (Å²) in [5.74, 6) is 0.160. The van der Waals surface area contributed by atoms with E-state index in [1.54, 1.807) is 5.06 Å². The van der Waals surface area contributed by atoms with Crippen molar-refractivity contribution in [3.63, 3.8) is 0 Å². The third-order valence-corrected chi connectivity index (χ3v) is 3.92. The summed E-state index contributed by atoms with van der Waals surface area (Å²) in [6.07, 6.45) is 4.00. The monoisotopic (exact) mass is 231 g/mol. The standard InChI is InChI=1S/C14H17NO2/c16-13(15-10-5-11-17-15)14(8-4-9-14)12-6-2-1-3-7-12/h1-3,6-7H,4-5,8-11H2. The molecular formula is C14H17NO2. The molecule has 0 spiro atoms. The Kier molecular flexibility index (Phi) is 2.63. The van der Waals surface area contributed by atoms with Crippen LogP contribution in [0.4, 0.5) is 0 Å². The average molecular weight is 231 g/mol. The van der Waals surface area contributed by atoms with E-state index in [0.717, 1.165) is 37.8 Å². The normalized spacial score (nSPS) is 22.2. The largest absolute Gasteiger partial charge is 0.272 e. The van der Waals surface area contributed by atoms with Crippen molar-refractivity contribution in [3.05, 3.63) is 35.9 Å². The number of rotatable bonds is 2. The van der Waals surface area contributed by atoms with E-state index in [1.807, 2.05) is 18.2 Å². The molecule has 1 aliphatic heterocycles. The molecule has 0 radical (unpaired) electrons. The van der Waals surface area contributed by atoms with Gasteiger partial charge >= 0.3 is 0 Å². The van der Waals surface area contributed by atoms with Crippen molar-refractivity contribution in [2.75, 3.05) is 13.2 Å². The van der Waals surface area contributed by atoms with Crippen LogP contribution in [0.5, 0.6) is 0 Å². The Balaban J connectivity index is 1.89. The van der Waals surface area contributed by atoms with Gasteiger partial charge in [0, 0.05) is 0 Å². The Labute approximate surface area is 101 Å². The molecule has 1 aromatic rings. The fraction of sp³-hybridized carbons (Fsp3) is 0.500.